The van der Waals surface area contributed by atoms with Crippen LogP contribution in [0.25, 0.3) is 0 Å². The molecule has 4 nitrogen and oxygen atoms in total. The number of hydrogen-bond acceptors (Lipinski definition) is 4. The SMILES string of the molecule is Cc1nc(N2C[C@H](C(C)C)[C@@H](N)C2)c(C#N)c(C)c1C.Cl.Cl. The summed E-state index contributed by atoms with van der Waals surface area (Å²) in [6, 6.07) is 2.48. The number of pyridine rings is 1. The Balaban J connectivity index is 0.00000220. The zero-order chi connectivity index (χ0) is 15.0. The molecule has 22 heavy (non-hydrogen) atoms. The monoisotopic (exact) mass is 344 g/mol. The van der Waals surface area contributed by atoms with Gasteiger partial charge < -0.3 is 10.6 Å². The summed E-state index contributed by atoms with van der Waals surface area (Å²) in [5.41, 5.74) is 10.1. The van der Waals surface area contributed by atoms with E-state index in [2.05, 4.69) is 29.8 Å². The van der Waals surface area contributed by atoms with Crippen molar-refractivity contribution in [2.75, 3.05) is 18.0 Å². The summed E-state index contributed by atoms with van der Waals surface area (Å²) in [6.07, 6.45) is 0. The van der Waals surface area contributed by atoms with Gasteiger partial charge in [-0.25, -0.2) is 4.98 Å². The molecular weight excluding hydrogens is 319 g/mol. The average molecular weight is 345 g/mol. The second kappa shape index (κ2) is 8.01. The summed E-state index contributed by atoms with van der Waals surface area (Å²) in [6.45, 7) is 12.1. The quantitative estimate of drug-likeness (QED) is 0.894. The van der Waals surface area contributed by atoms with Crippen LogP contribution in [0.15, 0.2) is 0 Å². The Morgan fingerprint density at radius 2 is 1.77 bits per heavy atom. The van der Waals surface area contributed by atoms with Gasteiger partial charge in [-0.3, -0.25) is 0 Å². The van der Waals surface area contributed by atoms with Gasteiger partial charge in [0.15, 0.2) is 0 Å². The lowest BCUT2D eigenvalue weighted by Gasteiger charge is -2.22. The predicted molar refractivity (Wildman–Crippen MR) is 96.2 cm³/mol. The van der Waals surface area contributed by atoms with Gasteiger partial charge in [-0.05, 0) is 43.7 Å². The number of nitrogens with two attached hydrogens (primary N) is 1. The number of anilines is 1. The van der Waals surface area contributed by atoms with E-state index in [4.69, 9.17) is 5.73 Å². The summed E-state index contributed by atoms with van der Waals surface area (Å²) in [7, 11) is 0. The van der Waals surface area contributed by atoms with E-state index >= 15 is 0 Å². The average Bonchev–Trinajstić information content (AvgIpc) is 2.77. The van der Waals surface area contributed by atoms with Crippen molar-refractivity contribution in [3.8, 4) is 6.07 Å². The zero-order valence-electron chi connectivity index (χ0n) is 13.9. The zero-order valence-corrected chi connectivity index (χ0v) is 15.5. The van der Waals surface area contributed by atoms with Gasteiger partial charge in [0.25, 0.3) is 0 Å². The first-order valence-electron chi connectivity index (χ1n) is 7.25. The second-order valence-corrected chi connectivity index (χ2v) is 6.23. The van der Waals surface area contributed by atoms with Crippen molar-refractivity contribution >= 4 is 30.6 Å². The second-order valence-electron chi connectivity index (χ2n) is 6.23. The summed E-state index contributed by atoms with van der Waals surface area (Å²) in [5, 5.41) is 9.47. The molecule has 2 N–H and O–H groups in total. The topological polar surface area (TPSA) is 65.9 Å². The number of nitriles is 1. The Labute approximate surface area is 145 Å². The maximum Gasteiger partial charge on any atom is 0.147 e. The van der Waals surface area contributed by atoms with Gasteiger partial charge in [0.2, 0.25) is 0 Å². The number of rotatable bonds is 2. The van der Waals surface area contributed by atoms with Crippen LogP contribution in [0.5, 0.6) is 0 Å². The molecule has 0 aromatic carbocycles. The first-order chi connectivity index (χ1) is 9.36. The molecular formula is C16H26Cl2N4. The van der Waals surface area contributed by atoms with Gasteiger partial charge in [-0.2, -0.15) is 5.26 Å². The molecule has 2 heterocycles. The van der Waals surface area contributed by atoms with Crippen molar-refractivity contribution in [2.45, 2.75) is 40.7 Å². The lowest BCUT2D eigenvalue weighted by atomic mass is 9.92. The molecule has 124 valence electrons. The molecule has 1 aliphatic heterocycles. The predicted octanol–water partition coefficient (Wildman–Crippen LogP) is 3.14. The fourth-order valence-electron chi connectivity index (χ4n) is 3.02. The molecule has 6 heteroatoms. The van der Waals surface area contributed by atoms with Crippen LogP contribution in [0.3, 0.4) is 0 Å². The molecule has 0 unspecified atom stereocenters. The largest absolute Gasteiger partial charge is 0.354 e. The van der Waals surface area contributed by atoms with E-state index in [9.17, 15) is 5.26 Å². The fourth-order valence-corrected chi connectivity index (χ4v) is 3.02. The van der Waals surface area contributed by atoms with Crippen LogP contribution in [-0.2, 0) is 0 Å². The minimum Gasteiger partial charge on any atom is -0.354 e. The van der Waals surface area contributed by atoms with Crippen LogP contribution in [0.4, 0.5) is 5.82 Å². The van der Waals surface area contributed by atoms with Crippen LogP contribution in [-0.4, -0.2) is 24.1 Å². The van der Waals surface area contributed by atoms with E-state index in [0.29, 0.717) is 17.4 Å². The molecule has 0 aliphatic carbocycles. The van der Waals surface area contributed by atoms with Crippen LogP contribution in [0, 0.1) is 43.9 Å². The summed E-state index contributed by atoms with van der Waals surface area (Å²) >= 11 is 0. The van der Waals surface area contributed by atoms with Gasteiger partial charge in [0.05, 0.1) is 5.56 Å². The molecule has 0 spiro atoms. The summed E-state index contributed by atoms with van der Waals surface area (Å²) in [4.78, 5) is 6.85. The van der Waals surface area contributed by atoms with Crippen LogP contribution < -0.4 is 10.6 Å². The Bertz CT molecular complexity index is 566. The van der Waals surface area contributed by atoms with E-state index in [1.807, 2.05) is 20.8 Å². The summed E-state index contributed by atoms with van der Waals surface area (Å²) in [5.74, 6) is 1.82. The molecule has 0 amide bonds. The third-order valence-corrected chi connectivity index (χ3v) is 4.66. The number of aromatic nitrogens is 1. The van der Waals surface area contributed by atoms with Crippen molar-refractivity contribution in [1.29, 1.82) is 5.26 Å². The fraction of sp³-hybridized carbons (Fsp3) is 0.625. The summed E-state index contributed by atoms with van der Waals surface area (Å²) < 4.78 is 0. The van der Waals surface area contributed by atoms with Gasteiger partial charge in [-0.1, -0.05) is 13.8 Å². The third-order valence-electron chi connectivity index (χ3n) is 4.66. The van der Waals surface area contributed by atoms with Crippen molar-refractivity contribution < 1.29 is 0 Å². The van der Waals surface area contributed by atoms with Crippen molar-refractivity contribution in [2.24, 2.45) is 17.6 Å². The molecule has 0 bridgehead atoms. The van der Waals surface area contributed by atoms with Crippen molar-refractivity contribution in [1.82, 2.24) is 4.98 Å². The van der Waals surface area contributed by atoms with Gasteiger partial charge >= 0.3 is 0 Å². The van der Waals surface area contributed by atoms with E-state index in [1.54, 1.807) is 0 Å². The molecule has 1 fully saturated rings. The minimum atomic E-state index is 0. The Morgan fingerprint density at radius 1 is 1.18 bits per heavy atom. The van der Waals surface area contributed by atoms with Crippen molar-refractivity contribution in [3.63, 3.8) is 0 Å². The molecule has 0 saturated carbocycles. The van der Waals surface area contributed by atoms with E-state index in [0.717, 1.165) is 35.7 Å². The third kappa shape index (κ3) is 3.65. The highest BCUT2D eigenvalue weighted by molar-refractivity contribution is 5.85. The number of halogens is 2. The number of nitrogens with zero attached hydrogens (tertiary/aromatic N) is 3. The molecule has 2 atom stereocenters. The highest BCUT2D eigenvalue weighted by Gasteiger charge is 2.34. The molecule has 1 aromatic heterocycles. The lowest BCUT2D eigenvalue weighted by Crippen LogP contribution is -2.32. The highest BCUT2D eigenvalue weighted by atomic mass is 35.5. The van der Waals surface area contributed by atoms with Gasteiger partial charge in [0, 0.05) is 24.8 Å². The molecule has 2 rings (SSSR count). The number of aryl methyl sites for hydroxylation is 1. The Morgan fingerprint density at radius 3 is 2.23 bits per heavy atom. The molecule has 1 aliphatic rings. The smallest absolute Gasteiger partial charge is 0.147 e. The first kappa shape index (κ1) is 21.0. The van der Waals surface area contributed by atoms with E-state index < -0.39 is 0 Å². The normalized spacial score (nSPS) is 20.4. The standard InChI is InChI=1S/C16H24N4.2ClH/c1-9(2)14-7-20(8-15(14)18)16-13(6-17)11(4)10(3)12(5)19-16;;/h9,14-15H,7-8,18H2,1-5H3;2*1H/t14-,15+;;/m1../s1. The maximum absolute atomic E-state index is 9.47. The van der Waals surface area contributed by atoms with Crippen LogP contribution in [0.1, 0.15) is 36.2 Å². The maximum atomic E-state index is 9.47. The molecule has 1 saturated heterocycles. The van der Waals surface area contributed by atoms with Gasteiger partial charge in [-0.15, -0.1) is 24.8 Å². The molecule has 1 aromatic rings. The van der Waals surface area contributed by atoms with E-state index in [-0.39, 0.29) is 30.9 Å². The van der Waals surface area contributed by atoms with Crippen LogP contribution >= 0.6 is 24.8 Å². The lowest BCUT2D eigenvalue weighted by molar-refractivity contribution is 0.382. The first-order valence-corrected chi connectivity index (χ1v) is 7.25. The van der Waals surface area contributed by atoms with E-state index in [1.165, 1.54) is 0 Å². The minimum absolute atomic E-state index is 0. The number of hydrogen-bond donors (Lipinski definition) is 1. The van der Waals surface area contributed by atoms with Crippen molar-refractivity contribution in [3.05, 3.63) is 22.4 Å². The molecule has 0 radical (unpaired) electrons. The Hall–Kier alpha value is -1.02. The highest BCUT2D eigenvalue weighted by Crippen LogP contribution is 2.31. The van der Waals surface area contributed by atoms with Gasteiger partial charge in [0.1, 0.15) is 11.9 Å². The Kier molecular flexibility index (Phi) is 7.64. The van der Waals surface area contributed by atoms with Crippen LogP contribution in [0.2, 0.25) is 0 Å².